The molecule has 5 heteroatoms. The van der Waals surface area contributed by atoms with E-state index in [-0.39, 0.29) is 5.69 Å². The summed E-state index contributed by atoms with van der Waals surface area (Å²) in [5, 5.41) is 0. The first kappa shape index (κ1) is 14.5. The van der Waals surface area contributed by atoms with Gasteiger partial charge in [0.05, 0.1) is 0 Å². The molecule has 1 aromatic heterocycles. The molecule has 0 aliphatic heterocycles. The van der Waals surface area contributed by atoms with Gasteiger partial charge in [0.15, 0.2) is 0 Å². The zero-order valence-corrected chi connectivity index (χ0v) is 11.5. The average molecular weight is 281 g/mol. The summed E-state index contributed by atoms with van der Waals surface area (Å²) < 4.78 is 0. The van der Waals surface area contributed by atoms with E-state index in [1.54, 1.807) is 24.3 Å². The SMILES string of the molecule is Cc1ccc(/C=C/C(=O)NNC(=O)c2ccccn2)cc1. The third kappa shape index (κ3) is 4.58. The Kier molecular flexibility index (Phi) is 4.82. The number of carbonyl (C=O) groups excluding carboxylic acids is 2. The molecular formula is C16H15N3O2. The highest BCUT2D eigenvalue weighted by Crippen LogP contribution is 2.04. The number of aryl methyl sites for hydroxylation is 1. The number of amides is 2. The van der Waals surface area contributed by atoms with Crippen molar-refractivity contribution in [2.75, 3.05) is 0 Å². The van der Waals surface area contributed by atoms with E-state index in [9.17, 15) is 9.59 Å². The minimum atomic E-state index is -0.465. The van der Waals surface area contributed by atoms with Crippen molar-refractivity contribution in [3.05, 3.63) is 71.6 Å². The zero-order valence-electron chi connectivity index (χ0n) is 11.5. The van der Waals surface area contributed by atoms with Crippen LogP contribution in [0.5, 0.6) is 0 Å². The van der Waals surface area contributed by atoms with Gasteiger partial charge in [0.1, 0.15) is 5.69 Å². The summed E-state index contributed by atoms with van der Waals surface area (Å²) in [6.07, 6.45) is 4.53. The van der Waals surface area contributed by atoms with Gasteiger partial charge < -0.3 is 0 Å². The third-order valence-corrected chi connectivity index (χ3v) is 2.70. The van der Waals surface area contributed by atoms with Crippen LogP contribution in [-0.2, 0) is 4.79 Å². The van der Waals surface area contributed by atoms with E-state index < -0.39 is 11.8 Å². The molecule has 0 spiro atoms. The summed E-state index contributed by atoms with van der Waals surface area (Å²) in [5.74, 6) is -0.882. The lowest BCUT2D eigenvalue weighted by atomic mass is 10.1. The number of nitrogens with one attached hydrogen (secondary N) is 2. The fourth-order valence-corrected chi connectivity index (χ4v) is 1.57. The van der Waals surface area contributed by atoms with Gasteiger partial charge >= 0.3 is 0 Å². The summed E-state index contributed by atoms with van der Waals surface area (Å²) in [6.45, 7) is 1.99. The molecule has 0 saturated heterocycles. The van der Waals surface area contributed by atoms with Crippen LogP contribution in [0.3, 0.4) is 0 Å². The molecule has 0 radical (unpaired) electrons. The van der Waals surface area contributed by atoms with Crippen molar-refractivity contribution in [3.63, 3.8) is 0 Å². The third-order valence-electron chi connectivity index (χ3n) is 2.70. The van der Waals surface area contributed by atoms with Crippen LogP contribution < -0.4 is 10.9 Å². The molecule has 106 valence electrons. The van der Waals surface area contributed by atoms with Crippen LogP contribution in [0.2, 0.25) is 0 Å². The van der Waals surface area contributed by atoms with Crippen molar-refractivity contribution >= 4 is 17.9 Å². The van der Waals surface area contributed by atoms with Crippen molar-refractivity contribution in [3.8, 4) is 0 Å². The van der Waals surface area contributed by atoms with Gasteiger partial charge in [-0.2, -0.15) is 0 Å². The van der Waals surface area contributed by atoms with Gasteiger partial charge in [0, 0.05) is 12.3 Å². The zero-order chi connectivity index (χ0) is 15.1. The molecule has 2 amide bonds. The van der Waals surface area contributed by atoms with Crippen LogP contribution in [0.15, 0.2) is 54.7 Å². The number of aromatic nitrogens is 1. The van der Waals surface area contributed by atoms with Crippen LogP contribution in [0.4, 0.5) is 0 Å². The van der Waals surface area contributed by atoms with Crippen molar-refractivity contribution in [2.24, 2.45) is 0 Å². The molecule has 0 unspecified atom stereocenters. The van der Waals surface area contributed by atoms with Crippen LogP contribution in [0, 0.1) is 6.92 Å². The van der Waals surface area contributed by atoms with Gasteiger partial charge in [-0.3, -0.25) is 25.4 Å². The second kappa shape index (κ2) is 7.00. The standard InChI is InChI=1S/C16H15N3O2/c1-12-5-7-13(8-6-12)9-10-15(20)18-19-16(21)14-4-2-3-11-17-14/h2-11H,1H3,(H,18,20)(H,19,21)/b10-9+. The molecule has 0 saturated carbocycles. The molecule has 0 fully saturated rings. The summed E-state index contributed by atoms with van der Waals surface area (Å²) in [6, 6.07) is 12.7. The Balaban J connectivity index is 1.85. The molecule has 2 aromatic rings. The molecule has 1 heterocycles. The molecular weight excluding hydrogens is 266 g/mol. The Morgan fingerprint density at radius 1 is 1.05 bits per heavy atom. The van der Waals surface area contributed by atoms with Gasteiger partial charge in [-0.25, -0.2) is 0 Å². The molecule has 5 nitrogen and oxygen atoms in total. The minimum Gasteiger partial charge on any atom is -0.268 e. The van der Waals surface area contributed by atoms with Crippen molar-refractivity contribution in [1.29, 1.82) is 0 Å². The van der Waals surface area contributed by atoms with Gasteiger partial charge in [-0.1, -0.05) is 35.9 Å². The first-order chi connectivity index (χ1) is 10.1. The molecule has 1 aromatic carbocycles. The largest absolute Gasteiger partial charge is 0.288 e. The smallest absolute Gasteiger partial charge is 0.268 e. The molecule has 0 bridgehead atoms. The fraction of sp³-hybridized carbons (Fsp3) is 0.0625. The Morgan fingerprint density at radius 2 is 1.81 bits per heavy atom. The highest BCUT2D eigenvalue weighted by molar-refractivity contribution is 5.96. The van der Waals surface area contributed by atoms with Gasteiger partial charge in [-0.15, -0.1) is 0 Å². The summed E-state index contributed by atoms with van der Waals surface area (Å²) in [5.41, 5.74) is 6.89. The Bertz CT molecular complexity index is 649. The fourth-order valence-electron chi connectivity index (χ4n) is 1.57. The number of carbonyl (C=O) groups is 2. The van der Waals surface area contributed by atoms with Crippen molar-refractivity contribution in [2.45, 2.75) is 6.92 Å². The lowest BCUT2D eigenvalue weighted by Gasteiger charge is -2.04. The molecule has 2 N–H and O–H groups in total. The first-order valence-electron chi connectivity index (χ1n) is 6.41. The van der Waals surface area contributed by atoms with E-state index >= 15 is 0 Å². The Hall–Kier alpha value is -2.95. The number of hydrogen-bond donors (Lipinski definition) is 2. The monoisotopic (exact) mass is 281 g/mol. The van der Waals surface area contributed by atoms with Gasteiger partial charge in [-0.05, 0) is 30.7 Å². The van der Waals surface area contributed by atoms with E-state index in [0.29, 0.717) is 0 Å². The summed E-state index contributed by atoms with van der Waals surface area (Å²) >= 11 is 0. The van der Waals surface area contributed by atoms with Crippen molar-refractivity contribution in [1.82, 2.24) is 15.8 Å². The lowest BCUT2D eigenvalue weighted by Crippen LogP contribution is -2.41. The van der Waals surface area contributed by atoms with Gasteiger partial charge in [0.2, 0.25) is 0 Å². The average Bonchev–Trinajstić information content (AvgIpc) is 2.53. The molecule has 21 heavy (non-hydrogen) atoms. The van der Waals surface area contributed by atoms with E-state index in [4.69, 9.17) is 0 Å². The maximum atomic E-state index is 11.6. The van der Waals surface area contributed by atoms with E-state index in [1.165, 1.54) is 12.3 Å². The molecule has 0 aliphatic rings. The number of rotatable bonds is 3. The number of nitrogens with zero attached hydrogens (tertiary/aromatic N) is 1. The second-order valence-corrected chi connectivity index (χ2v) is 4.40. The van der Waals surface area contributed by atoms with Crippen LogP contribution in [0.25, 0.3) is 6.08 Å². The van der Waals surface area contributed by atoms with Crippen LogP contribution in [0.1, 0.15) is 21.6 Å². The van der Waals surface area contributed by atoms with Crippen molar-refractivity contribution < 1.29 is 9.59 Å². The molecule has 0 atom stereocenters. The van der Waals surface area contributed by atoms with E-state index in [1.807, 2.05) is 31.2 Å². The second-order valence-electron chi connectivity index (χ2n) is 4.40. The lowest BCUT2D eigenvalue weighted by molar-refractivity contribution is -0.117. The summed E-state index contributed by atoms with van der Waals surface area (Å²) in [7, 11) is 0. The van der Waals surface area contributed by atoms with E-state index in [0.717, 1.165) is 11.1 Å². The number of benzene rings is 1. The minimum absolute atomic E-state index is 0.236. The topological polar surface area (TPSA) is 71.1 Å². The van der Waals surface area contributed by atoms with Gasteiger partial charge in [0.25, 0.3) is 11.8 Å². The Morgan fingerprint density at radius 3 is 2.48 bits per heavy atom. The summed E-state index contributed by atoms with van der Waals surface area (Å²) in [4.78, 5) is 27.1. The predicted octanol–water partition coefficient (Wildman–Crippen LogP) is 1.86. The number of hydrogen-bond acceptors (Lipinski definition) is 3. The van der Waals surface area contributed by atoms with Crippen LogP contribution in [-0.4, -0.2) is 16.8 Å². The number of hydrazine groups is 1. The highest BCUT2D eigenvalue weighted by Gasteiger charge is 2.05. The highest BCUT2D eigenvalue weighted by atomic mass is 16.2. The normalized spacial score (nSPS) is 10.3. The maximum absolute atomic E-state index is 11.6. The Labute approximate surface area is 122 Å². The quantitative estimate of drug-likeness (QED) is 0.666. The first-order valence-corrected chi connectivity index (χ1v) is 6.41. The van der Waals surface area contributed by atoms with E-state index in [2.05, 4.69) is 15.8 Å². The maximum Gasteiger partial charge on any atom is 0.288 e. The number of pyridine rings is 1. The molecule has 0 aliphatic carbocycles. The molecule has 2 rings (SSSR count). The van der Waals surface area contributed by atoms with Crippen LogP contribution >= 0.6 is 0 Å². The predicted molar refractivity (Wildman–Crippen MR) is 80.1 cm³/mol.